The number of aliphatic hydroxyl groups is 3. The van der Waals surface area contributed by atoms with Gasteiger partial charge in [-0.05, 0) is 12.0 Å². The summed E-state index contributed by atoms with van der Waals surface area (Å²) in [5.74, 6) is 0. The molecule has 0 saturated carbocycles. The Morgan fingerprint density at radius 1 is 1.11 bits per heavy atom. The molecule has 1 aromatic carbocycles. The fraction of sp³-hybridized carbons (Fsp3) is 0.538. The maximum Gasteiger partial charge on any atom is 0.186 e. The van der Waals surface area contributed by atoms with Crippen LogP contribution in [0.1, 0.15) is 5.56 Å². The van der Waals surface area contributed by atoms with Crippen LogP contribution in [0, 0.1) is 0 Å². The standard InChI is InChI=1S/C13H18O5/c14-10-8-18-13(12(16)11(10)15)17-7-6-9-4-2-1-3-5-9/h1-5,10-16H,6-8H2/t10-,11+,12-,13+/m1/s1. The van der Waals surface area contributed by atoms with Crippen LogP contribution in [0.25, 0.3) is 0 Å². The van der Waals surface area contributed by atoms with Crippen LogP contribution in [-0.4, -0.2) is 53.1 Å². The second-order valence-electron chi connectivity index (χ2n) is 4.36. The van der Waals surface area contributed by atoms with Crippen LogP contribution in [-0.2, 0) is 15.9 Å². The van der Waals surface area contributed by atoms with Crippen molar-refractivity contribution in [2.45, 2.75) is 31.0 Å². The summed E-state index contributed by atoms with van der Waals surface area (Å²) in [6.07, 6.45) is -3.68. The third kappa shape index (κ3) is 3.28. The van der Waals surface area contributed by atoms with Gasteiger partial charge in [-0.15, -0.1) is 0 Å². The van der Waals surface area contributed by atoms with Crippen molar-refractivity contribution >= 4 is 0 Å². The van der Waals surface area contributed by atoms with E-state index in [-0.39, 0.29) is 6.61 Å². The SMILES string of the molecule is O[C@@H]1[C@@H](O)[C@@H](OCCc2ccccc2)OC[C@H]1O. The summed E-state index contributed by atoms with van der Waals surface area (Å²) in [4.78, 5) is 0. The minimum Gasteiger partial charge on any atom is -0.388 e. The lowest BCUT2D eigenvalue weighted by Crippen LogP contribution is -2.53. The van der Waals surface area contributed by atoms with Gasteiger partial charge in [0.05, 0.1) is 13.2 Å². The molecule has 18 heavy (non-hydrogen) atoms. The molecule has 1 saturated heterocycles. The molecule has 4 atom stereocenters. The summed E-state index contributed by atoms with van der Waals surface area (Å²) in [5, 5.41) is 28.4. The van der Waals surface area contributed by atoms with Gasteiger partial charge in [0, 0.05) is 0 Å². The first-order chi connectivity index (χ1) is 8.68. The molecule has 5 heteroatoms. The average molecular weight is 254 g/mol. The van der Waals surface area contributed by atoms with E-state index in [0.29, 0.717) is 13.0 Å². The number of hydrogen-bond acceptors (Lipinski definition) is 5. The van der Waals surface area contributed by atoms with E-state index in [0.717, 1.165) is 5.56 Å². The summed E-state index contributed by atoms with van der Waals surface area (Å²) in [7, 11) is 0. The minimum absolute atomic E-state index is 0.0335. The topological polar surface area (TPSA) is 79.2 Å². The monoisotopic (exact) mass is 254 g/mol. The van der Waals surface area contributed by atoms with Crippen LogP contribution >= 0.6 is 0 Å². The van der Waals surface area contributed by atoms with Crippen molar-refractivity contribution in [2.75, 3.05) is 13.2 Å². The van der Waals surface area contributed by atoms with E-state index >= 15 is 0 Å². The Labute approximate surface area is 106 Å². The van der Waals surface area contributed by atoms with E-state index in [1.807, 2.05) is 30.3 Å². The van der Waals surface area contributed by atoms with E-state index in [4.69, 9.17) is 9.47 Å². The number of ether oxygens (including phenoxy) is 2. The molecule has 1 heterocycles. The predicted octanol–water partition coefficient (Wildman–Crippen LogP) is -0.315. The molecule has 0 radical (unpaired) electrons. The number of benzene rings is 1. The normalized spacial score (nSPS) is 32.4. The van der Waals surface area contributed by atoms with Crippen LogP contribution in [0.5, 0.6) is 0 Å². The summed E-state index contributed by atoms with van der Waals surface area (Å²) in [6, 6.07) is 9.80. The second kappa shape index (κ2) is 6.26. The van der Waals surface area contributed by atoms with Crippen molar-refractivity contribution in [2.24, 2.45) is 0 Å². The van der Waals surface area contributed by atoms with Gasteiger partial charge in [-0.25, -0.2) is 0 Å². The molecule has 1 fully saturated rings. The van der Waals surface area contributed by atoms with Crippen molar-refractivity contribution in [3.63, 3.8) is 0 Å². The summed E-state index contributed by atoms with van der Waals surface area (Å²) in [5.41, 5.74) is 1.13. The van der Waals surface area contributed by atoms with Crippen molar-refractivity contribution < 1.29 is 24.8 Å². The van der Waals surface area contributed by atoms with Crippen LogP contribution in [0.4, 0.5) is 0 Å². The van der Waals surface area contributed by atoms with E-state index in [9.17, 15) is 15.3 Å². The third-order valence-electron chi connectivity index (χ3n) is 2.97. The van der Waals surface area contributed by atoms with E-state index < -0.39 is 24.6 Å². The van der Waals surface area contributed by atoms with Gasteiger partial charge >= 0.3 is 0 Å². The largest absolute Gasteiger partial charge is 0.388 e. The van der Waals surface area contributed by atoms with Crippen molar-refractivity contribution in [1.82, 2.24) is 0 Å². The van der Waals surface area contributed by atoms with Crippen LogP contribution in [0.3, 0.4) is 0 Å². The highest BCUT2D eigenvalue weighted by Gasteiger charge is 2.37. The Morgan fingerprint density at radius 2 is 1.83 bits per heavy atom. The Balaban J connectivity index is 1.77. The van der Waals surface area contributed by atoms with Gasteiger partial charge in [-0.2, -0.15) is 0 Å². The zero-order valence-corrected chi connectivity index (χ0v) is 9.98. The fourth-order valence-corrected chi connectivity index (χ4v) is 1.86. The molecule has 5 nitrogen and oxygen atoms in total. The maximum atomic E-state index is 9.65. The molecule has 3 N–H and O–H groups in total. The molecule has 1 aromatic rings. The van der Waals surface area contributed by atoms with Crippen molar-refractivity contribution in [3.05, 3.63) is 35.9 Å². The lowest BCUT2D eigenvalue weighted by Gasteiger charge is -2.34. The van der Waals surface area contributed by atoms with Gasteiger partial charge in [-0.3, -0.25) is 0 Å². The van der Waals surface area contributed by atoms with Gasteiger partial charge in [0.15, 0.2) is 6.29 Å². The van der Waals surface area contributed by atoms with Crippen molar-refractivity contribution in [1.29, 1.82) is 0 Å². The van der Waals surface area contributed by atoms with Crippen LogP contribution in [0.15, 0.2) is 30.3 Å². The van der Waals surface area contributed by atoms with E-state index in [1.165, 1.54) is 0 Å². The Morgan fingerprint density at radius 3 is 2.56 bits per heavy atom. The first kappa shape index (κ1) is 13.5. The fourth-order valence-electron chi connectivity index (χ4n) is 1.86. The molecule has 0 bridgehead atoms. The summed E-state index contributed by atoms with van der Waals surface area (Å²) < 4.78 is 10.5. The molecule has 2 rings (SSSR count). The molecule has 1 aliphatic rings. The molecule has 0 unspecified atom stereocenters. The minimum atomic E-state index is -1.22. The zero-order valence-electron chi connectivity index (χ0n) is 9.98. The van der Waals surface area contributed by atoms with E-state index in [2.05, 4.69) is 0 Å². The Hall–Kier alpha value is -0.980. The predicted molar refractivity (Wildman–Crippen MR) is 63.9 cm³/mol. The smallest absolute Gasteiger partial charge is 0.186 e. The lowest BCUT2D eigenvalue weighted by molar-refractivity contribution is -0.269. The van der Waals surface area contributed by atoms with Gasteiger partial charge in [0.2, 0.25) is 0 Å². The summed E-state index contributed by atoms with van der Waals surface area (Å²) in [6.45, 7) is 0.350. The number of rotatable bonds is 4. The molecule has 0 aromatic heterocycles. The average Bonchev–Trinajstić information content (AvgIpc) is 2.40. The summed E-state index contributed by atoms with van der Waals surface area (Å²) >= 11 is 0. The third-order valence-corrected chi connectivity index (χ3v) is 2.97. The second-order valence-corrected chi connectivity index (χ2v) is 4.36. The zero-order chi connectivity index (χ0) is 13.0. The molecular formula is C13H18O5. The van der Waals surface area contributed by atoms with Gasteiger partial charge in [-0.1, -0.05) is 30.3 Å². The molecular weight excluding hydrogens is 236 g/mol. The molecule has 0 aliphatic carbocycles. The quantitative estimate of drug-likeness (QED) is 0.686. The molecule has 0 amide bonds. The molecule has 0 spiro atoms. The van der Waals surface area contributed by atoms with Gasteiger partial charge in [0.1, 0.15) is 18.3 Å². The highest BCUT2D eigenvalue weighted by molar-refractivity contribution is 5.14. The van der Waals surface area contributed by atoms with Gasteiger partial charge < -0.3 is 24.8 Å². The highest BCUT2D eigenvalue weighted by Crippen LogP contribution is 2.16. The first-order valence-corrected chi connectivity index (χ1v) is 6.00. The maximum absolute atomic E-state index is 9.65. The first-order valence-electron chi connectivity index (χ1n) is 6.00. The molecule has 100 valence electrons. The van der Waals surface area contributed by atoms with Crippen molar-refractivity contribution in [3.8, 4) is 0 Å². The highest BCUT2D eigenvalue weighted by atomic mass is 16.7. The van der Waals surface area contributed by atoms with E-state index in [1.54, 1.807) is 0 Å². The van der Waals surface area contributed by atoms with Crippen LogP contribution < -0.4 is 0 Å². The Kier molecular flexibility index (Phi) is 4.68. The number of hydrogen-bond donors (Lipinski definition) is 3. The lowest BCUT2D eigenvalue weighted by atomic mass is 10.1. The molecule has 1 aliphatic heterocycles. The number of aliphatic hydroxyl groups excluding tert-OH is 3. The van der Waals surface area contributed by atoms with Crippen LogP contribution in [0.2, 0.25) is 0 Å². The van der Waals surface area contributed by atoms with Gasteiger partial charge in [0.25, 0.3) is 0 Å². The Bertz CT molecular complexity index is 356.